The lowest BCUT2D eigenvalue weighted by Gasteiger charge is -2.34. The van der Waals surface area contributed by atoms with E-state index >= 15 is 0 Å². The monoisotopic (exact) mass is 401 g/mol. The molecule has 0 saturated heterocycles. The van der Waals surface area contributed by atoms with Crippen molar-refractivity contribution in [3.63, 3.8) is 0 Å². The Morgan fingerprint density at radius 3 is 2.68 bits per heavy atom. The molecule has 0 aromatic heterocycles. The highest BCUT2D eigenvalue weighted by molar-refractivity contribution is 8.16. The first kappa shape index (κ1) is 20.3. The number of hydrogen-bond acceptors (Lipinski definition) is 7. The molecule has 0 saturated carbocycles. The number of amidine groups is 1. The van der Waals surface area contributed by atoms with Gasteiger partial charge >= 0.3 is 5.97 Å². The summed E-state index contributed by atoms with van der Waals surface area (Å²) in [5.74, 6) is 0.406. The average Bonchev–Trinajstić information content (AvgIpc) is 3.16. The van der Waals surface area contributed by atoms with Gasteiger partial charge in [-0.2, -0.15) is 0 Å². The summed E-state index contributed by atoms with van der Waals surface area (Å²) in [7, 11) is 1.66. The summed E-state index contributed by atoms with van der Waals surface area (Å²) in [4.78, 5) is 21.7. The molecule has 0 fully saturated rings. The Hall–Kier alpha value is -2.41. The van der Waals surface area contributed by atoms with Crippen LogP contribution in [0.3, 0.4) is 0 Å². The Kier molecular flexibility index (Phi) is 6.34. The summed E-state index contributed by atoms with van der Waals surface area (Å²) in [5.41, 5.74) is 3.24. The Morgan fingerprint density at radius 2 is 2.04 bits per heavy atom. The highest BCUT2D eigenvalue weighted by atomic mass is 32.2. The number of thioether (sulfide) groups is 1. The third-order valence-electron chi connectivity index (χ3n) is 4.96. The summed E-state index contributed by atoms with van der Waals surface area (Å²) in [6.07, 6.45) is 1.96. The van der Waals surface area contributed by atoms with E-state index in [0.29, 0.717) is 17.9 Å². The fourth-order valence-corrected chi connectivity index (χ4v) is 4.38. The molecule has 1 atom stereocenters. The van der Waals surface area contributed by atoms with Crippen LogP contribution in [0.2, 0.25) is 0 Å². The quantitative estimate of drug-likeness (QED) is 0.635. The lowest BCUT2D eigenvalue weighted by Crippen LogP contribution is -2.34. The molecule has 0 radical (unpaired) electrons. The number of ether oxygens (including phenoxy) is 2. The number of hydrogen-bond donors (Lipinski definition) is 0. The van der Waals surface area contributed by atoms with Crippen molar-refractivity contribution in [1.82, 2.24) is 4.90 Å². The fourth-order valence-electron chi connectivity index (χ4n) is 3.59. The second-order valence-corrected chi connectivity index (χ2v) is 7.30. The lowest BCUT2D eigenvalue weighted by atomic mass is 9.93. The van der Waals surface area contributed by atoms with Crippen LogP contribution in [0.1, 0.15) is 39.3 Å². The highest BCUT2D eigenvalue weighted by Crippen LogP contribution is 2.44. The van der Waals surface area contributed by atoms with Gasteiger partial charge in [-0.15, -0.1) is 0 Å². The molecular formula is C21H27N3O3S. The largest absolute Gasteiger partial charge is 0.496 e. The van der Waals surface area contributed by atoms with Crippen molar-refractivity contribution >= 4 is 28.6 Å². The van der Waals surface area contributed by atoms with Gasteiger partial charge in [-0.25, -0.2) is 9.79 Å². The highest BCUT2D eigenvalue weighted by Gasteiger charge is 2.38. The van der Waals surface area contributed by atoms with E-state index < -0.39 is 0 Å². The van der Waals surface area contributed by atoms with Gasteiger partial charge in [0.25, 0.3) is 0 Å². The van der Waals surface area contributed by atoms with Gasteiger partial charge in [0.2, 0.25) is 0 Å². The maximum atomic E-state index is 12.8. The molecule has 3 rings (SSSR count). The number of anilines is 1. The normalized spacial score (nSPS) is 18.1. The fraction of sp³-hybridized carbons (Fsp3) is 0.429. The van der Waals surface area contributed by atoms with Gasteiger partial charge in [0.15, 0.2) is 5.17 Å². The minimum absolute atomic E-state index is 0.321. The van der Waals surface area contributed by atoms with Gasteiger partial charge in [-0.05, 0) is 39.2 Å². The first-order valence-electron chi connectivity index (χ1n) is 9.56. The third-order valence-corrected chi connectivity index (χ3v) is 5.73. The van der Waals surface area contributed by atoms with Crippen LogP contribution in [0.5, 0.6) is 5.75 Å². The molecule has 0 amide bonds. The minimum Gasteiger partial charge on any atom is -0.496 e. The van der Waals surface area contributed by atoms with Gasteiger partial charge in [0.05, 0.1) is 31.0 Å². The van der Waals surface area contributed by atoms with Crippen LogP contribution < -0.4 is 9.64 Å². The van der Waals surface area contributed by atoms with Crippen LogP contribution in [0.4, 0.5) is 5.69 Å². The summed E-state index contributed by atoms with van der Waals surface area (Å²) in [6.45, 7) is 10.1. The molecule has 0 bridgehead atoms. The van der Waals surface area contributed by atoms with Gasteiger partial charge in [0, 0.05) is 36.6 Å². The van der Waals surface area contributed by atoms with E-state index in [1.54, 1.807) is 18.9 Å². The first-order valence-corrected chi connectivity index (χ1v) is 10.4. The van der Waals surface area contributed by atoms with Crippen LogP contribution in [0, 0.1) is 0 Å². The topological polar surface area (TPSA) is 54.4 Å². The molecule has 0 N–H and O–H groups in total. The van der Waals surface area contributed by atoms with Crippen LogP contribution in [-0.2, 0) is 9.53 Å². The lowest BCUT2D eigenvalue weighted by molar-refractivity contribution is -0.139. The number of aliphatic imine (C=N–C) groups is 1. The number of methoxy groups -OCH3 is 1. The maximum Gasteiger partial charge on any atom is 0.338 e. The van der Waals surface area contributed by atoms with E-state index in [9.17, 15) is 4.79 Å². The molecule has 2 aliphatic rings. The SMILES string of the molecule is CCOC(=O)C1=C(C)N=C2SC=CN2[C@H]1c1ccc(N(CC)CC)cc1OC. The number of rotatable bonds is 7. The zero-order valence-electron chi connectivity index (χ0n) is 17.1. The van der Waals surface area contributed by atoms with Crippen LogP contribution >= 0.6 is 11.8 Å². The molecule has 1 aromatic rings. The first-order chi connectivity index (χ1) is 13.5. The van der Waals surface area contributed by atoms with Crippen molar-refractivity contribution in [3.05, 3.63) is 46.6 Å². The van der Waals surface area contributed by atoms with E-state index in [0.717, 1.165) is 35.3 Å². The number of carbonyl (C=O) groups is 1. The average molecular weight is 402 g/mol. The standard InChI is InChI=1S/C21H27N3O3S/c1-6-23(7-2)15-9-10-16(17(13-15)26-5)19-18(20(25)27-8-3)14(4)22-21-24(19)11-12-28-21/h9-13,19H,6-8H2,1-5H3/t19-/m0/s1. The predicted octanol–water partition coefficient (Wildman–Crippen LogP) is 4.31. The Morgan fingerprint density at radius 1 is 1.29 bits per heavy atom. The van der Waals surface area contributed by atoms with E-state index in [1.165, 1.54) is 0 Å². The van der Waals surface area contributed by atoms with Crippen molar-refractivity contribution in [1.29, 1.82) is 0 Å². The van der Waals surface area contributed by atoms with Gasteiger partial charge in [-0.3, -0.25) is 0 Å². The second kappa shape index (κ2) is 8.73. The molecule has 1 aromatic carbocycles. The van der Waals surface area contributed by atoms with Crippen molar-refractivity contribution < 1.29 is 14.3 Å². The van der Waals surface area contributed by atoms with E-state index in [2.05, 4.69) is 29.8 Å². The summed E-state index contributed by atoms with van der Waals surface area (Å²) >= 11 is 1.54. The number of allylic oxidation sites excluding steroid dienone is 1. The maximum absolute atomic E-state index is 12.8. The Labute approximate surface area is 170 Å². The summed E-state index contributed by atoms with van der Waals surface area (Å²) < 4.78 is 11.1. The molecule has 0 spiro atoms. The van der Waals surface area contributed by atoms with Crippen molar-refractivity contribution in [2.75, 3.05) is 31.7 Å². The zero-order chi connectivity index (χ0) is 20.3. The second-order valence-electron chi connectivity index (χ2n) is 6.43. The molecule has 0 unspecified atom stereocenters. The van der Waals surface area contributed by atoms with E-state index in [1.807, 2.05) is 42.5 Å². The minimum atomic E-state index is -0.340. The zero-order valence-corrected chi connectivity index (χ0v) is 17.9. The molecule has 28 heavy (non-hydrogen) atoms. The Balaban J connectivity index is 2.12. The molecule has 6 nitrogen and oxygen atoms in total. The molecule has 0 aliphatic carbocycles. The predicted molar refractivity (Wildman–Crippen MR) is 115 cm³/mol. The summed E-state index contributed by atoms with van der Waals surface area (Å²) in [6, 6.07) is 5.84. The van der Waals surface area contributed by atoms with E-state index in [-0.39, 0.29) is 12.0 Å². The van der Waals surface area contributed by atoms with Crippen molar-refractivity contribution in [2.45, 2.75) is 33.7 Å². The molecule has 2 aliphatic heterocycles. The molecule has 2 heterocycles. The van der Waals surface area contributed by atoms with Crippen molar-refractivity contribution in [2.24, 2.45) is 4.99 Å². The van der Waals surface area contributed by atoms with Crippen molar-refractivity contribution in [3.8, 4) is 5.75 Å². The van der Waals surface area contributed by atoms with Gasteiger partial charge in [0.1, 0.15) is 5.75 Å². The molecule has 7 heteroatoms. The molecule has 150 valence electrons. The summed E-state index contributed by atoms with van der Waals surface area (Å²) in [5, 5.41) is 2.83. The molecular weight excluding hydrogens is 374 g/mol. The van der Waals surface area contributed by atoms with Gasteiger partial charge in [-0.1, -0.05) is 17.8 Å². The number of fused-ring (bicyclic) bond motifs is 1. The number of carbonyl (C=O) groups excluding carboxylic acids is 1. The van der Waals surface area contributed by atoms with Gasteiger partial charge < -0.3 is 19.3 Å². The smallest absolute Gasteiger partial charge is 0.338 e. The van der Waals surface area contributed by atoms with Crippen LogP contribution in [0.25, 0.3) is 0 Å². The van der Waals surface area contributed by atoms with E-state index in [4.69, 9.17) is 9.47 Å². The van der Waals surface area contributed by atoms with Crippen LogP contribution in [0.15, 0.2) is 46.1 Å². The third kappa shape index (κ3) is 3.63. The number of nitrogens with zero attached hydrogens (tertiary/aromatic N) is 3. The van der Waals surface area contributed by atoms with Crippen LogP contribution in [-0.4, -0.2) is 42.8 Å². The Bertz CT molecular complexity index is 843. The number of esters is 1. The number of benzene rings is 1.